The Labute approximate surface area is 93.5 Å². The minimum Gasteiger partial charge on any atom is -0.550 e. The summed E-state index contributed by atoms with van der Waals surface area (Å²) in [7, 11) is 0. The Morgan fingerprint density at radius 3 is 2.20 bits per heavy atom. The highest BCUT2D eigenvalue weighted by atomic mass is 16.4. The van der Waals surface area contributed by atoms with Crippen LogP contribution in [-0.4, -0.2) is 30.5 Å². The summed E-state index contributed by atoms with van der Waals surface area (Å²) < 4.78 is 0. The zero-order valence-corrected chi connectivity index (χ0v) is 10.3. The van der Waals surface area contributed by atoms with Gasteiger partial charge in [-0.15, -0.1) is 0 Å². The number of hydrogen-bond donors (Lipinski definition) is 0. The lowest BCUT2D eigenvalue weighted by atomic mass is 9.98. The van der Waals surface area contributed by atoms with Crippen molar-refractivity contribution in [2.75, 3.05) is 19.6 Å². The summed E-state index contributed by atoms with van der Waals surface area (Å²) in [6, 6.07) is 0. The number of rotatable bonds is 9. The molecule has 0 spiro atoms. The Morgan fingerprint density at radius 1 is 1.20 bits per heavy atom. The molecular formula is C12H24NO2-. The predicted molar refractivity (Wildman–Crippen MR) is 60.4 cm³/mol. The van der Waals surface area contributed by atoms with Gasteiger partial charge in [0.2, 0.25) is 0 Å². The van der Waals surface area contributed by atoms with Crippen molar-refractivity contribution in [2.24, 2.45) is 5.92 Å². The van der Waals surface area contributed by atoms with E-state index in [9.17, 15) is 9.90 Å². The standard InChI is InChI=1S/C12H25NO2/c1-4-7-8-11(12(14)15)9-10-13(5-2)6-3/h11H,4-10H2,1-3H3,(H,14,15)/p-1. The van der Waals surface area contributed by atoms with E-state index in [1.807, 2.05) is 0 Å². The van der Waals surface area contributed by atoms with E-state index in [0.717, 1.165) is 45.3 Å². The second kappa shape index (κ2) is 8.72. The molecule has 1 atom stereocenters. The van der Waals surface area contributed by atoms with Gasteiger partial charge in [0.1, 0.15) is 0 Å². The highest BCUT2D eigenvalue weighted by Gasteiger charge is 2.10. The Morgan fingerprint density at radius 2 is 1.80 bits per heavy atom. The molecule has 90 valence electrons. The normalized spacial score (nSPS) is 13.1. The van der Waals surface area contributed by atoms with Crippen molar-refractivity contribution < 1.29 is 9.90 Å². The molecule has 0 radical (unpaired) electrons. The summed E-state index contributed by atoms with van der Waals surface area (Å²) in [6.45, 7) is 9.13. The molecule has 0 aliphatic carbocycles. The highest BCUT2D eigenvalue weighted by Crippen LogP contribution is 2.12. The van der Waals surface area contributed by atoms with Crippen LogP contribution < -0.4 is 5.11 Å². The van der Waals surface area contributed by atoms with E-state index in [1.165, 1.54) is 0 Å². The molecule has 0 N–H and O–H groups in total. The monoisotopic (exact) mass is 214 g/mol. The van der Waals surface area contributed by atoms with Crippen molar-refractivity contribution in [3.63, 3.8) is 0 Å². The number of carbonyl (C=O) groups is 1. The lowest BCUT2D eigenvalue weighted by molar-refractivity contribution is -0.312. The Hall–Kier alpha value is -0.570. The molecule has 0 aliphatic rings. The van der Waals surface area contributed by atoms with Gasteiger partial charge in [0.05, 0.1) is 0 Å². The van der Waals surface area contributed by atoms with Crippen LogP contribution in [0.5, 0.6) is 0 Å². The number of aliphatic carboxylic acids is 1. The Balaban J connectivity index is 3.89. The maximum atomic E-state index is 10.9. The Bertz CT molecular complexity index is 167. The van der Waals surface area contributed by atoms with Gasteiger partial charge in [-0.2, -0.15) is 0 Å². The van der Waals surface area contributed by atoms with Crippen molar-refractivity contribution >= 4 is 5.97 Å². The van der Waals surface area contributed by atoms with E-state index >= 15 is 0 Å². The first kappa shape index (κ1) is 14.4. The smallest absolute Gasteiger partial charge is 0.0445 e. The molecule has 0 aromatic rings. The SMILES string of the molecule is CCCCC(CCN(CC)CC)C(=O)[O-]. The molecular weight excluding hydrogens is 190 g/mol. The summed E-state index contributed by atoms with van der Waals surface area (Å²) in [4.78, 5) is 13.1. The van der Waals surface area contributed by atoms with Crippen LogP contribution in [-0.2, 0) is 4.79 Å². The van der Waals surface area contributed by atoms with E-state index in [1.54, 1.807) is 0 Å². The zero-order valence-electron chi connectivity index (χ0n) is 10.3. The molecule has 0 aliphatic heterocycles. The van der Waals surface area contributed by atoms with Crippen LogP contribution in [0.25, 0.3) is 0 Å². The van der Waals surface area contributed by atoms with Crippen LogP contribution in [0.3, 0.4) is 0 Å². The Kier molecular flexibility index (Phi) is 8.38. The molecule has 0 heterocycles. The second-order valence-electron chi connectivity index (χ2n) is 3.97. The van der Waals surface area contributed by atoms with Gasteiger partial charge in [0.25, 0.3) is 0 Å². The maximum absolute atomic E-state index is 10.9. The molecule has 0 amide bonds. The first-order valence-electron chi connectivity index (χ1n) is 6.08. The molecule has 0 fully saturated rings. The third-order valence-corrected chi connectivity index (χ3v) is 2.93. The summed E-state index contributed by atoms with van der Waals surface area (Å²) in [5.74, 6) is -1.14. The van der Waals surface area contributed by atoms with Gasteiger partial charge in [-0.1, -0.05) is 33.6 Å². The first-order chi connectivity index (χ1) is 7.15. The van der Waals surface area contributed by atoms with Crippen LogP contribution in [0.4, 0.5) is 0 Å². The van der Waals surface area contributed by atoms with Crippen molar-refractivity contribution in [1.82, 2.24) is 4.90 Å². The summed E-state index contributed by atoms with van der Waals surface area (Å²) in [5.41, 5.74) is 0. The highest BCUT2D eigenvalue weighted by molar-refractivity contribution is 5.67. The number of hydrogen-bond acceptors (Lipinski definition) is 3. The topological polar surface area (TPSA) is 43.4 Å². The number of nitrogens with zero attached hydrogens (tertiary/aromatic N) is 1. The van der Waals surface area contributed by atoms with Gasteiger partial charge in [0, 0.05) is 5.97 Å². The fourth-order valence-corrected chi connectivity index (χ4v) is 1.71. The third-order valence-electron chi connectivity index (χ3n) is 2.93. The van der Waals surface area contributed by atoms with E-state index < -0.39 is 5.97 Å². The molecule has 15 heavy (non-hydrogen) atoms. The molecule has 0 saturated heterocycles. The van der Waals surface area contributed by atoms with Gasteiger partial charge in [-0.3, -0.25) is 0 Å². The van der Waals surface area contributed by atoms with Gasteiger partial charge in [-0.05, 0) is 38.4 Å². The predicted octanol–water partition coefficient (Wildman–Crippen LogP) is 1.27. The largest absolute Gasteiger partial charge is 0.550 e. The van der Waals surface area contributed by atoms with E-state index in [0.29, 0.717) is 0 Å². The fourth-order valence-electron chi connectivity index (χ4n) is 1.71. The number of carbonyl (C=O) groups excluding carboxylic acids is 1. The van der Waals surface area contributed by atoms with Crippen molar-refractivity contribution in [1.29, 1.82) is 0 Å². The van der Waals surface area contributed by atoms with Gasteiger partial charge < -0.3 is 14.8 Å². The van der Waals surface area contributed by atoms with Gasteiger partial charge in [0.15, 0.2) is 0 Å². The van der Waals surface area contributed by atoms with Crippen LogP contribution in [0.15, 0.2) is 0 Å². The van der Waals surface area contributed by atoms with Crippen LogP contribution in [0.2, 0.25) is 0 Å². The molecule has 0 aromatic carbocycles. The van der Waals surface area contributed by atoms with Gasteiger partial charge in [-0.25, -0.2) is 0 Å². The van der Waals surface area contributed by atoms with Crippen molar-refractivity contribution in [3.8, 4) is 0 Å². The van der Waals surface area contributed by atoms with E-state index in [2.05, 4.69) is 25.7 Å². The van der Waals surface area contributed by atoms with Crippen molar-refractivity contribution in [3.05, 3.63) is 0 Å². The number of unbranched alkanes of at least 4 members (excludes halogenated alkanes) is 1. The van der Waals surface area contributed by atoms with Crippen LogP contribution in [0.1, 0.15) is 46.5 Å². The average molecular weight is 214 g/mol. The maximum Gasteiger partial charge on any atom is 0.0445 e. The van der Waals surface area contributed by atoms with E-state index in [-0.39, 0.29) is 5.92 Å². The quantitative estimate of drug-likeness (QED) is 0.580. The number of carboxylic acid groups (broad SMARTS) is 1. The molecule has 0 rings (SSSR count). The minimum atomic E-state index is -0.879. The summed E-state index contributed by atoms with van der Waals surface area (Å²) >= 11 is 0. The van der Waals surface area contributed by atoms with Crippen LogP contribution >= 0.6 is 0 Å². The summed E-state index contributed by atoms with van der Waals surface area (Å²) in [5, 5.41) is 10.9. The molecule has 0 aromatic heterocycles. The molecule has 0 saturated carbocycles. The molecule has 0 bridgehead atoms. The summed E-state index contributed by atoms with van der Waals surface area (Å²) in [6.07, 6.45) is 3.52. The third kappa shape index (κ3) is 6.50. The zero-order chi connectivity index (χ0) is 11.7. The van der Waals surface area contributed by atoms with E-state index in [4.69, 9.17) is 0 Å². The average Bonchev–Trinajstić information content (AvgIpc) is 2.23. The molecule has 3 nitrogen and oxygen atoms in total. The van der Waals surface area contributed by atoms with Crippen LogP contribution in [0, 0.1) is 5.92 Å². The lowest BCUT2D eigenvalue weighted by Crippen LogP contribution is -2.34. The van der Waals surface area contributed by atoms with Gasteiger partial charge >= 0.3 is 0 Å². The van der Waals surface area contributed by atoms with Crippen molar-refractivity contribution in [2.45, 2.75) is 46.5 Å². The number of carboxylic acids is 1. The molecule has 1 unspecified atom stereocenters. The lowest BCUT2D eigenvalue weighted by Gasteiger charge is -2.23. The fraction of sp³-hybridized carbons (Fsp3) is 0.917. The molecule has 3 heteroatoms. The minimum absolute atomic E-state index is 0.259. The second-order valence-corrected chi connectivity index (χ2v) is 3.97. The first-order valence-corrected chi connectivity index (χ1v) is 6.08.